The maximum atomic E-state index is 13.4. The lowest BCUT2D eigenvalue weighted by molar-refractivity contribution is -0.140. The van der Waals surface area contributed by atoms with E-state index in [1.54, 1.807) is 27.7 Å². The molecular weight excluding hydrogens is 653 g/mol. The first-order valence-electron chi connectivity index (χ1n) is 15.3. The molecule has 4 rings (SSSR count). The van der Waals surface area contributed by atoms with Crippen LogP contribution in [0.5, 0.6) is 0 Å². The highest BCUT2D eigenvalue weighted by Crippen LogP contribution is 2.38. The van der Waals surface area contributed by atoms with E-state index in [0.717, 1.165) is 36.0 Å². The van der Waals surface area contributed by atoms with Crippen LogP contribution < -0.4 is 26.8 Å². The van der Waals surface area contributed by atoms with Gasteiger partial charge in [0.05, 0.1) is 0 Å². The molecule has 17 heteroatoms. The van der Waals surface area contributed by atoms with E-state index in [9.17, 15) is 32.3 Å². The molecule has 1 unspecified atom stereocenters. The third-order valence-corrected chi connectivity index (χ3v) is 8.06. The van der Waals surface area contributed by atoms with Gasteiger partial charge in [-0.25, -0.2) is 19.6 Å². The molecule has 1 aliphatic rings. The number of thiazole rings is 1. The molecule has 1 saturated carbocycles. The SMILES string of the molecule is CCNC(=O)Nc1cc(-c2nc(C(F)(F)F)cs2)c(-c2ccnc(C(=O)NNC(=O)C(NC(=O)OC(C)(C)C)C3CCCCC3)c2)cn1. The van der Waals surface area contributed by atoms with Gasteiger partial charge in [-0.1, -0.05) is 19.3 Å². The maximum Gasteiger partial charge on any atom is 0.434 e. The molecular formula is C31H37F3N8O5S. The lowest BCUT2D eigenvalue weighted by atomic mass is 9.83. The monoisotopic (exact) mass is 690 g/mol. The molecule has 0 bridgehead atoms. The van der Waals surface area contributed by atoms with Crippen LogP contribution in [-0.4, -0.2) is 57.1 Å². The van der Waals surface area contributed by atoms with E-state index in [4.69, 9.17) is 4.74 Å². The van der Waals surface area contributed by atoms with Gasteiger partial charge in [0.2, 0.25) is 0 Å². The van der Waals surface area contributed by atoms with Gasteiger partial charge in [-0.05, 0) is 70.2 Å². The van der Waals surface area contributed by atoms with Crippen LogP contribution >= 0.6 is 11.3 Å². The number of ether oxygens (including phenoxy) is 1. The summed E-state index contributed by atoms with van der Waals surface area (Å²) >= 11 is 0.751. The Morgan fingerprint density at radius 3 is 2.40 bits per heavy atom. The van der Waals surface area contributed by atoms with E-state index in [0.29, 0.717) is 30.5 Å². The zero-order valence-corrected chi connectivity index (χ0v) is 27.6. The fourth-order valence-corrected chi connectivity index (χ4v) is 5.92. The summed E-state index contributed by atoms with van der Waals surface area (Å²) in [7, 11) is 0. The van der Waals surface area contributed by atoms with Gasteiger partial charge in [-0.2, -0.15) is 13.2 Å². The van der Waals surface area contributed by atoms with Gasteiger partial charge in [-0.15, -0.1) is 11.3 Å². The molecule has 5 N–H and O–H groups in total. The summed E-state index contributed by atoms with van der Waals surface area (Å²) < 4.78 is 45.5. The predicted molar refractivity (Wildman–Crippen MR) is 172 cm³/mol. The van der Waals surface area contributed by atoms with E-state index in [-0.39, 0.29) is 28.0 Å². The second-order valence-electron chi connectivity index (χ2n) is 12.0. The van der Waals surface area contributed by atoms with Crippen molar-refractivity contribution in [2.24, 2.45) is 5.92 Å². The number of carbonyl (C=O) groups is 4. The van der Waals surface area contributed by atoms with Gasteiger partial charge in [0.1, 0.15) is 28.2 Å². The van der Waals surface area contributed by atoms with Crippen LogP contribution in [0, 0.1) is 5.92 Å². The molecule has 48 heavy (non-hydrogen) atoms. The normalized spacial score (nSPS) is 14.4. The summed E-state index contributed by atoms with van der Waals surface area (Å²) in [5.74, 6) is -1.53. The fraction of sp³-hybridized carbons (Fsp3) is 0.452. The number of hydrogen-bond acceptors (Lipinski definition) is 9. The molecule has 13 nitrogen and oxygen atoms in total. The minimum atomic E-state index is -4.67. The van der Waals surface area contributed by atoms with Crippen LogP contribution in [0.4, 0.5) is 28.6 Å². The first-order valence-corrected chi connectivity index (χ1v) is 16.2. The number of pyridine rings is 2. The Hall–Kier alpha value is -4.80. The summed E-state index contributed by atoms with van der Waals surface area (Å²) in [6, 6.07) is 2.76. The van der Waals surface area contributed by atoms with E-state index in [2.05, 4.69) is 41.8 Å². The Balaban J connectivity index is 1.56. The highest BCUT2D eigenvalue weighted by atomic mass is 32.1. The van der Waals surface area contributed by atoms with E-state index in [1.807, 2.05) is 0 Å². The van der Waals surface area contributed by atoms with Gasteiger partial charge in [0, 0.05) is 35.4 Å². The van der Waals surface area contributed by atoms with Crippen molar-refractivity contribution in [2.75, 3.05) is 11.9 Å². The number of hydrogen-bond donors (Lipinski definition) is 5. The second-order valence-corrected chi connectivity index (χ2v) is 12.9. The van der Waals surface area contributed by atoms with Crippen LogP contribution in [-0.2, 0) is 15.7 Å². The number of rotatable bonds is 8. The zero-order valence-electron chi connectivity index (χ0n) is 26.8. The molecule has 3 heterocycles. The number of carbonyl (C=O) groups excluding carboxylic acids is 4. The van der Waals surface area contributed by atoms with E-state index >= 15 is 0 Å². The van der Waals surface area contributed by atoms with Crippen molar-refractivity contribution < 1.29 is 37.1 Å². The van der Waals surface area contributed by atoms with Crippen molar-refractivity contribution >= 4 is 41.1 Å². The maximum absolute atomic E-state index is 13.4. The number of amides is 5. The molecule has 0 aliphatic heterocycles. The van der Waals surface area contributed by atoms with Crippen LogP contribution in [0.15, 0.2) is 36.0 Å². The number of nitrogens with one attached hydrogen (secondary N) is 5. The quantitative estimate of drug-likeness (QED) is 0.188. The van der Waals surface area contributed by atoms with Crippen molar-refractivity contribution in [1.82, 2.24) is 36.4 Å². The van der Waals surface area contributed by atoms with Crippen LogP contribution in [0.25, 0.3) is 21.7 Å². The second kappa shape index (κ2) is 15.4. The van der Waals surface area contributed by atoms with Gasteiger partial charge in [0.15, 0.2) is 5.69 Å². The highest BCUT2D eigenvalue weighted by Gasteiger charge is 2.35. The Labute approximate surface area is 278 Å². The standard InChI is InChI=1S/C31H37F3N8O5S/c1-5-35-28(45)39-23-14-19(27-38-22(16-48-27)31(32,33)34)20(15-37-23)18-11-12-36-21(13-18)25(43)41-42-26(44)24(17-9-7-6-8-10-17)40-29(46)47-30(2,3)4/h11-17,24H,5-10H2,1-4H3,(H,40,46)(H,41,43)(H,42,44)(H2,35,37,39,45). The zero-order chi connectivity index (χ0) is 35.1. The Morgan fingerprint density at radius 1 is 1.02 bits per heavy atom. The van der Waals surface area contributed by atoms with E-state index in [1.165, 1.54) is 30.6 Å². The molecule has 3 aromatic rings. The number of urea groups is 1. The van der Waals surface area contributed by atoms with Gasteiger partial charge in [0.25, 0.3) is 11.8 Å². The van der Waals surface area contributed by atoms with Crippen LogP contribution in [0.1, 0.15) is 76.0 Å². The average molecular weight is 691 g/mol. The molecule has 0 saturated heterocycles. The molecule has 1 aliphatic carbocycles. The number of halogens is 3. The summed E-state index contributed by atoms with van der Waals surface area (Å²) in [4.78, 5) is 63.1. The number of hydrazine groups is 1. The Bertz CT molecular complexity index is 1640. The fourth-order valence-electron chi connectivity index (χ4n) is 5.06. The summed E-state index contributed by atoms with van der Waals surface area (Å²) in [6.45, 7) is 7.17. The van der Waals surface area contributed by atoms with Crippen LogP contribution in [0.2, 0.25) is 0 Å². The van der Waals surface area contributed by atoms with Crippen molar-refractivity contribution in [3.05, 3.63) is 47.4 Å². The minimum Gasteiger partial charge on any atom is -0.444 e. The number of anilines is 1. The molecule has 0 spiro atoms. The lowest BCUT2D eigenvalue weighted by Crippen LogP contribution is -2.56. The summed E-state index contributed by atoms with van der Waals surface area (Å²) in [5.41, 5.74) is 3.58. The van der Waals surface area contributed by atoms with Crippen molar-refractivity contribution in [3.63, 3.8) is 0 Å². The van der Waals surface area contributed by atoms with E-state index < -0.39 is 47.5 Å². The molecule has 3 aromatic heterocycles. The molecule has 1 fully saturated rings. The summed E-state index contributed by atoms with van der Waals surface area (Å²) in [6.07, 6.45) is 1.45. The van der Waals surface area contributed by atoms with Gasteiger partial charge < -0.3 is 15.4 Å². The van der Waals surface area contributed by atoms with Crippen molar-refractivity contribution in [1.29, 1.82) is 0 Å². The number of alkyl carbamates (subject to hydrolysis) is 1. The first-order chi connectivity index (χ1) is 22.6. The van der Waals surface area contributed by atoms with Crippen LogP contribution in [0.3, 0.4) is 0 Å². The molecule has 0 radical (unpaired) electrons. The topological polar surface area (TPSA) is 176 Å². The number of alkyl halides is 3. The first kappa shape index (κ1) is 36.0. The molecule has 5 amide bonds. The summed E-state index contributed by atoms with van der Waals surface area (Å²) in [5, 5.41) is 8.59. The largest absolute Gasteiger partial charge is 0.444 e. The lowest BCUT2D eigenvalue weighted by Gasteiger charge is -2.30. The highest BCUT2D eigenvalue weighted by molar-refractivity contribution is 7.13. The predicted octanol–water partition coefficient (Wildman–Crippen LogP) is 5.66. The van der Waals surface area contributed by atoms with Gasteiger partial charge in [-0.3, -0.25) is 30.7 Å². The Kier molecular flexibility index (Phi) is 11.6. The smallest absolute Gasteiger partial charge is 0.434 e. The average Bonchev–Trinajstić information content (AvgIpc) is 3.53. The molecule has 0 aromatic carbocycles. The third-order valence-electron chi connectivity index (χ3n) is 7.19. The molecule has 1 atom stereocenters. The third kappa shape index (κ3) is 9.85. The Morgan fingerprint density at radius 2 is 1.75 bits per heavy atom. The van der Waals surface area contributed by atoms with Crippen molar-refractivity contribution in [3.8, 4) is 21.7 Å². The van der Waals surface area contributed by atoms with Crippen molar-refractivity contribution in [2.45, 2.75) is 77.6 Å². The van der Waals surface area contributed by atoms with Gasteiger partial charge >= 0.3 is 18.3 Å². The molecule has 258 valence electrons. The minimum absolute atomic E-state index is 0.00000594. The number of aromatic nitrogens is 3. The number of nitrogens with zero attached hydrogens (tertiary/aromatic N) is 3.